The number of carbonyl (C=O) groups is 1. The molecule has 5 nitrogen and oxygen atoms in total. The Kier molecular flexibility index (Phi) is 8.72. The lowest BCUT2D eigenvalue weighted by Gasteiger charge is -2.18. The molecular formula is C17H28N4O. The third-order valence-electron chi connectivity index (χ3n) is 3.16. The molecular weight excluding hydrogens is 276 g/mol. The first-order valence-corrected chi connectivity index (χ1v) is 7.97. The van der Waals surface area contributed by atoms with E-state index in [4.69, 9.17) is 0 Å². The predicted octanol–water partition coefficient (Wildman–Crippen LogP) is 2.00. The van der Waals surface area contributed by atoms with Crippen LogP contribution in [0.25, 0.3) is 0 Å². The molecule has 0 saturated carbocycles. The van der Waals surface area contributed by atoms with E-state index in [-0.39, 0.29) is 5.91 Å². The normalized spacial score (nSPS) is 11.1. The largest absolute Gasteiger partial charge is 0.357 e. The fourth-order valence-electron chi connectivity index (χ4n) is 1.99. The van der Waals surface area contributed by atoms with Crippen molar-refractivity contribution in [2.24, 2.45) is 4.99 Å². The lowest BCUT2D eigenvalue weighted by Crippen LogP contribution is -2.39. The van der Waals surface area contributed by atoms with Crippen LogP contribution in [0.3, 0.4) is 0 Å². The van der Waals surface area contributed by atoms with Crippen molar-refractivity contribution in [1.29, 1.82) is 0 Å². The van der Waals surface area contributed by atoms with E-state index in [0.29, 0.717) is 19.5 Å². The lowest BCUT2D eigenvalue weighted by atomic mass is 10.2. The van der Waals surface area contributed by atoms with Gasteiger partial charge in [-0.1, -0.05) is 37.3 Å². The monoisotopic (exact) mass is 304 g/mol. The van der Waals surface area contributed by atoms with Crippen molar-refractivity contribution in [1.82, 2.24) is 15.5 Å². The van der Waals surface area contributed by atoms with Crippen molar-refractivity contribution in [2.75, 3.05) is 26.7 Å². The number of hydrogen-bond donors (Lipinski definition) is 2. The SMILES string of the molecule is CCCN=C(NCC)NCCC(=O)N(C)Cc1ccccc1. The zero-order valence-corrected chi connectivity index (χ0v) is 13.9. The molecule has 0 unspecified atom stereocenters. The van der Waals surface area contributed by atoms with Gasteiger partial charge < -0.3 is 15.5 Å². The van der Waals surface area contributed by atoms with E-state index in [1.54, 1.807) is 4.90 Å². The van der Waals surface area contributed by atoms with Gasteiger partial charge in [0.1, 0.15) is 0 Å². The summed E-state index contributed by atoms with van der Waals surface area (Å²) in [5.74, 6) is 0.908. The van der Waals surface area contributed by atoms with E-state index in [1.165, 1.54) is 0 Å². The Bertz CT molecular complexity index is 459. The summed E-state index contributed by atoms with van der Waals surface area (Å²) in [7, 11) is 1.84. The fourth-order valence-corrected chi connectivity index (χ4v) is 1.99. The summed E-state index contributed by atoms with van der Waals surface area (Å²) in [6, 6.07) is 10.0. The Morgan fingerprint density at radius 3 is 2.55 bits per heavy atom. The van der Waals surface area contributed by atoms with E-state index in [1.807, 2.05) is 44.3 Å². The van der Waals surface area contributed by atoms with Crippen molar-refractivity contribution in [3.63, 3.8) is 0 Å². The molecule has 0 bridgehead atoms. The minimum absolute atomic E-state index is 0.127. The van der Waals surface area contributed by atoms with Crippen LogP contribution in [-0.2, 0) is 11.3 Å². The molecule has 0 spiro atoms. The first kappa shape index (κ1) is 18.0. The zero-order valence-electron chi connectivity index (χ0n) is 13.9. The Balaban J connectivity index is 2.35. The molecule has 1 aromatic carbocycles. The highest BCUT2D eigenvalue weighted by Crippen LogP contribution is 2.03. The van der Waals surface area contributed by atoms with Crippen molar-refractivity contribution in [3.05, 3.63) is 35.9 Å². The molecule has 5 heteroatoms. The van der Waals surface area contributed by atoms with Crippen LogP contribution in [0.5, 0.6) is 0 Å². The van der Waals surface area contributed by atoms with E-state index in [0.717, 1.165) is 31.0 Å². The number of nitrogens with zero attached hydrogens (tertiary/aromatic N) is 2. The molecule has 0 aliphatic carbocycles. The Labute approximate surface area is 133 Å². The number of hydrogen-bond acceptors (Lipinski definition) is 2. The molecule has 2 N–H and O–H groups in total. The van der Waals surface area contributed by atoms with Crippen LogP contribution < -0.4 is 10.6 Å². The van der Waals surface area contributed by atoms with Crippen molar-refractivity contribution in [3.8, 4) is 0 Å². The standard InChI is InChI=1S/C17H28N4O/c1-4-12-19-17(18-5-2)20-13-11-16(22)21(3)14-15-9-7-6-8-10-15/h6-10H,4-5,11-14H2,1-3H3,(H2,18,19,20). The van der Waals surface area contributed by atoms with Gasteiger partial charge in [-0.2, -0.15) is 0 Å². The van der Waals surface area contributed by atoms with Gasteiger partial charge in [-0.25, -0.2) is 0 Å². The number of guanidine groups is 1. The number of rotatable bonds is 8. The number of aliphatic imine (C=N–C) groups is 1. The van der Waals surface area contributed by atoms with Crippen LogP contribution >= 0.6 is 0 Å². The first-order valence-electron chi connectivity index (χ1n) is 7.97. The quantitative estimate of drug-likeness (QED) is 0.570. The predicted molar refractivity (Wildman–Crippen MR) is 91.8 cm³/mol. The van der Waals surface area contributed by atoms with Crippen LogP contribution in [0.2, 0.25) is 0 Å². The number of nitrogens with one attached hydrogen (secondary N) is 2. The van der Waals surface area contributed by atoms with Crippen LogP contribution in [0.15, 0.2) is 35.3 Å². The summed E-state index contributed by atoms with van der Waals surface area (Å²) < 4.78 is 0. The van der Waals surface area contributed by atoms with E-state index >= 15 is 0 Å². The van der Waals surface area contributed by atoms with Gasteiger partial charge in [0.15, 0.2) is 5.96 Å². The molecule has 1 amide bonds. The molecule has 0 aromatic heterocycles. The van der Waals surface area contributed by atoms with Crippen molar-refractivity contribution in [2.45, 2.75) is 33.2 Å². The van der Waals surface area contributed by atoms with Gasteiger partial charge in [0.25, 0.3) is 0 Å². The summed E-state index contributed by atoms with van der Waals surface area (Å²) in [5.41, 5.74) is 1.14. The Morgan fingerprint density at radius 1 is 1.18 bits per heavy atom. The lowest BCUT2D eigenvalue weighted by molar-refractivity contribution is -0.130. The van der Waals surface area contributed by atoms with Crippen LogP contribution in [-0.4, -0.2) is 43.4 Å². The Hall–Kier alpha value is -2.04. The molecule has 1 rings (SSSR count). The van der Waals surface area contributed by atoms with Gasteiger partial charge in [-0.05, 0) is 18.9 Å². The molecule has 1 aromatic rings. The highest BCUT2D eigenvalue weighted by atomic mass is 16.2. The van der Waals surface area contributed by atoms with Gasteiger partial charge in [0, 0.05) is 39.6 Å². The summed E-state index contributed by atoms with van der Waals surface area (Å²) in [6.45, 7) is 6.96. The van der Waals surface area contributed by atoms with Crippen molar-refractivity contribution >= 4 is 11.9 Å². The van der Waals surface area contributed by atoms with Gasteiger partial charge in [-0.3, -0.25) is 9.79 Å². The second kappa shape index (κ2) is 10.7. The average Bonchev–Trinajstić information content (AvgIpc) is 2.53. The number of carbonyl (C=O) groups excluding carboxylic acids is 1. The van der Waals surface area contributed by atoms with Gasteiger partial charge in [-0.15, -0.1) is 0 Å². The molecule has 0 radical (unpaired) electrons. The molecule has 0 saturated heterocycles. The van der Waals surface area contributed by atoms with Gasteiger partial charge >= 0.3 is 0 Å². The number of amides is 1. The topological polar surface area (TPSA) is 56.7 Å². The number of benzene rings is 1. The molecule has 0 heterocycles. The first-order chi connectivity index (χ1) is 10.7. The molecule has 0 aliphatic heterocycles. The summed E-state index contributed by atoms with van der Waals surface area (Å²) >= 11 is 0. The van der Waals surface area contributed by atoms with E-state index < -0.39 is 0 Å². The molecule has 0 aliphatic rings. The zero-order chi connectivity index (χ0) is 16.2. The maximum absolute atomic E-state index is 12.1. The van der Waals surface area contributed by atoms with Crippen LogP contribution in [0, 0.1) is 0 Å². The van der Waals surface area contributed by atoms with Crippen LogP contribution in [0.4, 0.5) is 0 Å². The van der Waals surface area contributed by atoms with Gasteiger partial charge in [0.2, 0.25) is 5.91 Å². The molecule has 0 atom stereocenters. The van der Waals surface area contributed by atoms with E-state index in [2.05, 4.69) is 22.5 Å². The minimum atomic E-state index is 0.127. The second-order valence-electron chi connectivity index (χ2n) is 5.17. The third kappa shape index (κ3) is 7.11. The second-order valence-corrected chi connectivity index (χ2v) is 5.17. The van der Waals surface area contributed by atoms with Gasteiger partial charge in [0.05, 0.1) is 0 Å². The molecule has 22 heavy (non-hydrogen) atoms. The summed E-state index contributed by atoms with van der Waals surface area (Å²) in [5, 5.41) is 6.37. The van der Waals surface area contributed by atoms with E-state index in [9.17, 15) is 4.79 Å². The van der Waals surface area contributed by atoms with Crippen LogP contribution in [0.1, 0.15) is 32.3 Å². The summed E-state index contributed by atoms with van der Waals surface area (Å²) in [6.07, 6.45) is 1.47. The third-order valence-corrected chi connectivity index (χ3v) is 3.16. The highest BCUT2D eigenvalue weighted by Gasteiger charge is 2.09. The van der Waals surface area contributed by atoms with Crippen molar-refractivity contribution < 1.29 is 4.79 Å². The molecule has 0 fully saturated rings. The highest BCUT2D eigenvalue weighted by molar-refractivity contribution is 5.81. The molecule has 122 valence electrons. The maximum atomic E-state index is 12.1. The maximum Gasteiger partial charge on any atom is 0.224 e. The minimum Gasteiger partial charge on any atom is -0.357 e. The fraction of sp³-hybridized carbons (Fsp3) is 0.529. The average molecular weight is 304 g/mol. The Morgan fingerprint density at radius 2 is 1.91 bits per heavy atom. The smallest absolute Gasteiger partial charge is 0.224 e. The summed E-state index contributed by atoms with van der Waals surface area (Å²) in [4.78, 5) is 18.3.